The maximum Gasteiger partial charge on any atom is 0.153 e. The van der Waals surface area contributed by atoms with Crippen LogP contribution in [0.2, 0.25) is 0 Å². The monoisotopic (exact) mass is 257 g/mol. The molecule has 0 aliphatic heterocycles. The topological polar surface area (TPSA) is 80.5 Å². The van der Waals surface area contributed by atoms with Gasteiger partial charge in [-0.25, -0.2) is 4.98 Å². The molecule has 6 heteroatoms. The Hall–Kier alpha value is -2.21. The summed E-state index contributed by atoms with van der Waals surface area (Å²) in [7, 11) is 0. The van der Waals surface area contributed by atoms with Crippen LogP contribution >= 0.6 is 11.3 Å². The fourth-order valence-corrected chi connectivity index (χ4v) is 2.43. The van der Waals surface area contributed by atoms with E-state index < -0.39 is 0 Å². The van der Waals surface area contributed by atoms with Crippen LogP contribution in [0.5, 0.6) is 0 Å². The Bertz CT molecular complexity index is 671. The van der Waals surface area contributed by atoms with Crippen LogP contribution in [0.25, 0.3) is 22.5 Å². The van der Waals surface area contributed by atoms with Crippen molar-refractivity contribution in [1.82, 2.24) is 20.2 Å². The summed E-state index contributed by atoms with van der Waals surface area (Å²) in [6.45, 7) is 1.97. The SMILES string of the molecule is Cc1nc(-c2[nH]nc(N)c2-c2ccncc2)cs1. The minimum Gasteiger partial charge on any atom is -0.382 e. The summed E-state index contributed by atoms with van der Waals surface area (Å²) in [4.78, 5) is 8.46. The van der Waals surface area contributed by atoms with Gasteiger partial charge >= 0.3 is 0 Å². The highest BCUT2D eigenvalue weighted by molar-refractivity contribution is 7.09. The van der Waals surface area contributed by atoms with E-state index in [1.807, 2.05) is 24.4 Å². The number of nitrogens with zero attached hydrogens (tertiary/aromatic N) is 3. The van der Waals surface area contributed by atoms with Crippen molar-refractivity contribution in [2.75, 3.05) is 5.73 Å². The molecule has 0 aliphatic rings. The number of nitrogen functional groups attached to an aromatic ring is 1. The summed E-state index contributed by atoms with van der Waals surface area (Å²) >= 11 is 1.60. The Labute approximate surface area is 108 Å². The van der Waals surface area contributed by atoms with Gasteiger partial charge in [0.2, 0.25) is 0 Å². The van der Waals surface area contributed by atoms with Crippen molar-refractivity contribution in [2.45, 2.75) is 6.92 Å². The summed E-state index contributed by atoms with van der Waals surface area (Å²) in [5.74, 6) is 0.474. The third kappa shape index (κ3) is 1.76. The van der Waals surface area contributed by atoms with Gasteiger partial charge in [-0.1, -0.05) is 0 Å². The average Bonchev–Trinajstić information content (AvgIpc) is 2.96. The van der Waals surface area contributed by atoms with Crippen molar-refractivity contribution in [3.8, 4) is 22.5 Å². The molecule has 3 heterocycles. The molecular formula is C12H11N5S. The third-order valence-corrected chi connectivity index (χ3v) is 3.41. The lowest BCUT2D eigenvalue weighted by Gasteiger charge is -2.01. The van der Waals surface area contributed by atoms with E-state index >= 15 is 0 Å². The van der Waals surface area contributed by atoms with Crippen molar-refractivity contribution < 1.29 is 0 Å². The van der Waals surface area contributed by atoms with E-state index in [0.29, 0.717) is 5.82 Å². The molecule has 5 nitrogen and oxygen atoms in total. The molecular weight excluding hydrogens is 246 g/mol. The van der Waals surface area contributed by atoms with Crippen LogP contribution in [-0.4, -0.2) is 20.2 Å². The van der Waals surface area contributed by atoms with Gasteiger partial charge in [0.1, 0.15) is 0 Å². The Morgan fingerprint density at radius 2 is 2.06 bits per heavy atom. The fraction of sp³-hybridized carbons (Fsp3) is 0.0833. The second-order valence-electron chi connectivity index (χ2n) is 3.85. The molecule has 0 bridgehead atoms. The molecule has 3 rings (SSSR count). The highest BCUT2D eigenvalue weighted by Crippen LogP contribution is 2.34. The summed E-state index contributed by atoms with van der Waals surface area (Å²) in [6, 6.07) is 3.81. The van der Waals surface area contributed by atoms with Crippen LogP contribution in [0, 0.1) is 6.92 Å². The van der Waals surface area contributed by atoms with E-state index in [4.69, 9.17) is 5.73 Å². The van der Waals surface area contributed by atoms with Crippen molar-refractivity contribution in [3.05, 3.63) is 34.9 Å². The number of rotatable bonds is 2. The smallest absolute Gasteiger partial charge is 0.153 e. The minimum atomic E-state index is 0.474. The lowest BCUT2D eigenvalue weighted by molar-refractivity contribution is 1.09. The predicted octanol–water partition coefficient (Wildman–Crippen LogP) is 2.49. The first kappa shape index (κ1) is 10.9. The van der Waals surface area contributed by atoms with Crippen molar-refractivity contribution in [1.29, 1.82) is 0 Å². The number of hydrogen-bond acceptors (Lipinski definition) is 5. The molecule has 90 valence electrons. The van der Waals surface area contributed by atoms with Crippen molar-refractivity contribution in [3.63, 3.8) is 0 Å². The van der Waals surface area contributed by atoms with E-state index in [2.05, 4.69) is 20.2 Å². The maximum absolute atomic E-state index is 5.93. The van der Waals surface area contributed by atoms with E-state index in [-0.39, 0.29) is 0 Å². The Balaban J connectivity index is 2.18. The molecule has 0 saturated heterocycles. The molecule has 0 unspecified atom stereocenters. The summed E-state index contributed by atoms with van der Waals surface area (Å²) in [5, 5.41) is 10.0. The summed E-state index contributed by atoms with van der Waals surface area (Å²) in [5.41, 5.74) is 9.51. The zero-order chi connectivity index (χ0) is 12.5. The molecule has 0 aliphatic carbocycles. The third-order valence-electron chi connectivity index (χ3n) is 2.64. The maximum atomic E-state index is 5.93. The van der Waals surface area contributed by atoms with Crippen molar-refractivity contribution >= 4 is 17.2 Å². The molecule has 18 heavy (non-hydrogen) atoms. The fourth-order valence-electron chi connectivity index (χ4n) is 1.83. The van der Waals surface area contributed by atoms with E-state index in [0.717, 1.165) is 27.5 Å². The Morgan fingerprint density at radius 1 is 1.28 bits per heavy atom. The number of aromatic nitrogens is 4. The number of anilines is 1. The van der Waals surface area contributed by atoms with Crippen LogP contribution in [0.1, 0.15) is 5.01 Å². The quantitative estimate of drug-likeness (QED) is 0.739. The van der Waals surface area contributed by atoms with Gasteiger partial charge in [0, 0.05) is 17.8 Å². The minimum absolute atomic E-state index is 0.474. The number of thiazole rings is 1. The van der Waals surface area contributed by atoms with Gasteiger partial charge in [-0.3, -0.25) is 10.1 Å². The molecule has 3 N–H and O–H groups in total. The molecule has 0 aromatic carbocycles. The molecule has 0 radical (unpaired) electrons. The lowest BCUT2D eigenvalue weighted by Crippen LogP contribution is -1.89. The number of pyridine rings is 1. The molecule has 3 aromatic heterocycles. The first-order chi connectivity index (χ1) is 8.75. The van der Waals surface area contributed by atoms with E-state index in [1.54, 1.807) is 23.7 Å². The second kappa shape index (κ2) is 4.23. The molecule has 3 aromatic rings. The number of H-pyrrole nitrogens is 1. The average molecular weight is 257 g/mol. The highest BCUT2D eigenvalue weighted by Gasteiger charge is 2.16. The molecule has 0 fully saturated rings. The predicted molar refractivity (Wildman–Crippen MR) is 72.1 cm³/mol. The van der Waals surface area contributed by atoms with Gasteiger partial charge in [0.25, 0.3) is 0 Å². The Kier molecular flexibility index (Phi) is 2.56. The lowest BCUT2D eigenvalue weighted by atomic mass is 10.1. The summed E-state index contributed by atoms with van der Waals surface area (Å²) < 4.78 is 0. The van der Waals surface area contributed by atoms with Gasteiger partial charge in [-0.2, -0.15) is 5.10 Å². The first-order valence-corrected chi connectivity index (χ1v) is 6.30. The number of aryl methyl sites for hydroxylation is 1. The highest BCUT2D eigenvalue weighted by atomic mass is 32.1. The van der Waals surface area contributed by atoms with Gasteiger partial charge in [0.15, 0.2) is 5.82 Å². The van der Waals surface area contributed by atoms with E-state index in [9.17, 15) is 0 Å². The molecule has 0 amide bonds. The number of aromatic amines is 1. The van der Waals surface area contributed by atoms with Crippen molar-refractivity contribution in [2.24, 2.45) is 0 Å². The standard InChI is InChI=1S/C12H11N5S/c1-7-15-9(6-18-7)11-10(12(13)17-16-11)8-2-4-14-5-3-8/h2-6H,1H3,(H3,13,16,17). The molecule has 0 atom stereocenters. The normalized spacial score (nSPS) is 10.7. The van der Waals surface area contributed by atoms with Crippen LogP contribution in [0.3, 0.4) is 0 Å². The molecule has 0 saturated carbocycles. The zero-order valence-corrected chi connectivity index (χ0v) is 10.5. The van der Waals surface area contributed by atoms with Gasteiger partial charge in [-0.05, 0) is 24.6 Å². The second-order valence-corrected chi connectivity index (χ2v) is 4.91. The molecule has 0 spiro atoms. The van der Waals surface area contributed by atoms with E-state index in [1.165, 1.54) is 0 Å². The first-order valence-electron chi connectivity index (χ1n) is 5.42. The Morgan fingerprint density at radius 3 is 2.72 bits per heavy atom. The van der Waals surface area contributed by atoms with Gasteiger partial charge in [0.05, 0.1) is 22.0 Å². The number of nitrogens with two attached hydrogens (primary N) is 1. The number of nitrogens with one attached hydrogen (secondary N) is 1. The largest absolute Gasteiger partial charge is 0.382 e. The van der Waals surface area contributed by atoms with Crippen LogP contribution in [-0.2, 0) is 0 Å². The van der Waals surface area contributed by atoms with Crippen LogP contribution in [0.4, 0.5) is 5.82 Å². The zero-order valence-electron chi connectivity index (χ0n) is 9.71. The summed E-state index contributed by atoms with van der Waals surface area (Å²) in [6.07, 6.45) is 3.47. The van der Waals surface area contributed by atoms with Crippen LogP contribution < -0.4 is 5.73 Å². The van der Waals surface area contributed by atoms with Gasteiger partial charge < -0.3 is 5.73 Å². The number of hydrogen-bond donors (Lipinski definition) is 2. The van der Waals surface area contributed by atoms with Crippen LogP contribution in [0.15, 0.2) is 29.9 Å². The van der Waals surface area contributed by atoms with Gasteiger partial charge in [-0.15, -0.1) is 11.3 Å².